The minimum absolute atomic E-state index is 0.345. The molecular formula is C15H21N3O2. The van der Waals surface area contributed by atoms with Crippen LogP contribution in [0.25, 0.3) is 0 Å². The van der Waals surface area contributed by atoms with Gasteiger partial charge in [-0.2, -0.15) is 0 Å². The standard InChI is InChI=1S/C15H21N3O2/c1-20-15(19)13-11-8-16-9-12(11)17-14(18-13)10-6-4-2-3-5-7-10/h10,16H,2-9H2,1H3. The molecule has 0 radical (unpaired) electrons. The van der Waals surface area contributed by atoms with Gasteiger partial charge in [0, 0.05) is 24.6 Å². The molecule has 2 aliphatic rings. The summed E-state index contributed by atoms with van der Waals surface area (Å²) in [5.74, 6) is 0.892. The van der Waals surface area contributed by atoms with Crippen LogP contribution < -0.4 is 5.32 Å². The molecule has 0 atom stereocenters. The van der Waals surface area contributed by atoms with Crippen molar-refractivity contribution in [3.63, 3.8) is 0 Å². The lowest BCUT2D eigenvalue weighted by Crippen LogP contribution is -2.15. The van der Waals surface area contributed by atoms with Crippen molar-refractivity contribution in [3.05, 3.63) is 22.8 Å². The third kappa shape index (κ3) is 2.54. The number of fused-ring (bicyclic) bond motifs is 1. The smallest absolute Gasteiger partial charge is 0.357 e. The van der Waals surface area contributed by atoms with E-state index in [0.717, 1.165) is 36.5 Å². The largest absolute Gasteiger partial charge is 0.464 e. The van der Waals surface area contributed by atoms with E-state index in [4.69, 9.17) is 9.72 Å². The van der Waals surface area contributed by atoms with Crippen LogP contribution in [0.5, 0.6) is 0 Å². The maximum Gasteiger partial charge on any atom is 0.357 e. The van der Waals surface area contributed by atoms with Gasteiger partial charge >= 0.3 is 5.97 Å². The van der Waals surface area contributed by atoms with E-state index in [9.17, 15) is 4.79 Å². The molecule has 108 valence electrons. The molecule has 1 N–H and O–H groups in total. The molecule has 0 amide bonds. The zero-order valence-electron chi connectivity index (χ0n) is 11.9. The van der Waals surface area contributed by atoms with Crippen molar-refractivity contribution >= 4 is 5.97 Å². The summed E-state index contributed by atoms with van der Waals surface area (Å²) in [6, 6.07) is 0. The number of esters is 1. The van der Waals surface area contributed by atoms with E-state index >= 15 is 0 Å². The highest BCUT2D eigenvalue weighted by molar-refractivity contribution is 5.89. The van der Waals surface area contributed by atoms with Gasteiger partial charge in [-0.1, -0.05) is 25.7 Å². The van der Waals surface area contributed by atoms with E-state index in [1.165, 1.54) is 32.8 Å². The van der Waals surface area contributed by atoms with Crippen LogP contribution in [0.1, 0.15) is 72.0 Å². The van der Waals surface area contributed by atoms with Crippen LogP contribution in [-0.4, -0.2) is 23.0 Å². The first-order chi connectivity index (χ1) is 9.79. The third-order valence-corrected chi connectivity index (χ3v) is 4.30. The molecule has 0 bridgehead atoms. The van der Waals surface area contributed by atoms with Crippen LogP contribution in [0, 0.1) is 0 Å². The molecule has 1 aliphatic carbocycles. The van der Waals surface area contributed by atoms with Gasteiger partial charge in [0.25, 0.3) is 0 Å². The Hall–Kier alpha value is -1.49. The second-order valence-corrected chi connectivity index (χ2v) is 5.64. The van der Waals surface area contributed by atoms with E-state index in [0.29, 0.717) is 18.2 Å². The first-order valence-electron chi connectivity index (χ1n) is 7.48. The predicted molar refractivity (Wildman–Crippen MR) is 74.4 cm³/mol. The van der Waals surface area contributed by atoms with Gasteiger partial charge in [-0.15, -0.1) is 0 Å². The molecule has 0 spiro atoms. The fourth-order valence-electron chi connectivity index (χ4n) is 3.17. The van der Waals surface area contributed by atoms with Crippen LogP contribution in [0.3, 0.4) is 0 Å². The van der Waals surface area contributed by atoms with Gasteiger partial charge in [0.1, 0.15) is 5.82 Å². The van der Waals surface area contributed by atoms with Gasteiger partial charge in [-0.25, -0.2) is 14.8 Å². The number of carbonyl (C=O) groups is 1. The first kappa shape index (κ1) is 13.5. The van der Waals surface area contributed by atoms with Crippen LogP contribution in [0.2, 0.25) is 0 Å². The van der Waals surface area contributed by atoms with Gasteiger partial charge in [0.2, 0.25) is 0 Å². The Bertz CT molecular complexity index is 508. The molecular weight excluding hydrogens is 254 g/mol. The summed E-state index contributed by atoms with van der Waals surface area (Å²) < 4.78 is 4.87. The molecule has 2 heterocycles. The number of hydrogen-bond acceptors (Lipinski definition) is 5. The lowest BCUT2D eigenvalue weighted by molar-refractivity contribution is 0.0592. The molecule has 1 aromatic heterocycles. The lowest BCUT2D eigenvalue weighted by atomic mass is 9.99. The summed E-state index contributed by atoms with van der Waals surface area (Å²) in [5.41, 5.74) is 2.34. The maximum absolute atomic E-state index is 11.9. The molecule has 1 aliphatic heterocycles. The summed E-state index contributed by atoms with van der Waals surface area (Å²) in [7, 11) is 1.41. The Kier molecular flexibility index (Phi) is 3.96. The highest BCUT2D eigenvalue weighted by Crippen LogP contribution is 2.31. The zero-order valence-corrected chi connectivity index (χ0v) is 11.9. The quantitative estimate of drug-likeness (QED) is 0.663. The van der Waals surface area contributed by atoms with E-state index in [1.807, 2.05) is 0 Å². The molecule has 3 rings (SSSR count). The molecule has 5 nitrogen and oxygen atoms in total. The fraction of sp³-hybridized carbons (Fsp3) is 0.667. The Morgan fingerprint density at radius 1 is 1.15 bits per heavy atom. The zero-order chi connectivity index (χ0) is 13.9. The van der Waals surface area contributed by atoms with Crippen LogP contribution >= 0.6 is 0 Å². The van der Waals surface area contributed by atoms with E-state index in [1.54, 1.807) is 0 Å². The molecule has 20 heavy (non-hydrogen) atoms. The van der Waals surface area contributed by atoms with Crippen molar-refractivity contribution < 1.29 is 9.53 Å². The van der Waals surface area contributed by atoms with E-state index in [2.05, 4.69) is 10.3 Å². The second kappa shape index (κ2) is 5.87. The van der Waals surface area contributed by atoms with Gasteiger partial charge in [-0.3, -0.25) is 0 Å². The average molecular weight is 275 g/mol. The van der Waals surface area contributed by atoms with Crippen molar-refractivity contribution in [1.82, 2.24) is 15.3 Å². The van der Waals surface area contributed by atoms with Crippen LogP contribution in [0.4, 0.5) is 0 Å². The van der Waals surface area contributed by atoms with Gasteiger partial charge in [0.05, 0.1) is 12.8 Å². The minimum atomic E-state index is -0.345. The summed E-state index contributed by atoms with van der Waals surface area (Å²) in [6.07, 6.45) is 7.33. The Morgan fingerprint density at radius 3 is 2.60 bits per heavy atom. The number of rotatable bonds is 2. The second-order valence-electron chi connectivity index (χ2n) is 5.64. The Morgan fingerprint density at radius 2 is 1.90 bits per heavy atom. The van der Waals surface area contributed by atoms with E-state index in [-0.39, 0.29) is 5.97 Å². The topological polar surface area (TPSA) is 64.1 Å². The first-order valence-corrected chi connectivity index (χ1v) is 7.48. The number of carbonyl (C=O) groups excluding carboxylic acids is 1. The number of nitrogens with zero attached hydrogens (tertiary/aromatic N) is 2. The number of ether oxygens (including phenoxy) is 1. The van der Waals surface area contributed by atoms with Crippen molar-refractivity contribution in [2.45, 2.75) is 57.5 Å². The predicted octanol–water partition coefficient (Wildman–Crippen LogP) is 2.30. The van der Waals surface area contributed by atoms with Crippen LogP contribution in [0.15, 0.2) is 0 Å². The molecule has 1 saturated carbocycles. The Balaban J connectivity index is 1.97. The maximum atomic E-state index is 11.9. The normalized spacial score (nSPS) is 19.4. The van der Waals surface area contributed by atoms with Gasteiger partial charge < -0.3 is 10.1 Å². The number of hydrogen-bond donors (Lipinski definition) is 1. The Labute approximate surface area is 119 Å². The summed E-state index contributed by atoms with van der Waals surface area (Å²) in [5, 5.41) is 3.24. The fourth-order valence-corrected chi connectivity index (χ4v) is 3.17. The molecule has 1 fully saturated rings. The van der Waals surface area contributed by atoms with Crippen molar-refractivity contribution in [1.29, 1.82) is 0 Å². The van der Waals surface area contributed by atoms with Gasteiger partial charge in [0.15, 0.2) is 5.69 Å². The van der Waals surface area contributed by atoms with E-state index < -0.39 is 0 Å². The summed E-state index contributed by atoms with van der Waals surface area (Å²) in [6.45, 7) is 1.38. The summed E-state index contributed by atoms with van der Waals surface area (Å²) >= 11 is 0. The minimum Gasteiger partial charge on any atom is -0.464 e. The monoisotopic (exact) mass is 275 g/mol. The molecule has 0 aromatic carbocycles. The van der Waals surface area contributed by atoms with Gasteiger partial charge in [-0.05, 0) is 12.8 Å². The average Bonchev–Trinajstić information content (AvgIpc) is 2.78. The van der Waals surface area contributed by atoms with Crippen molar-refractivity contribution in [2.75, 3.05) is 7.11 Å². The molecule has 0 unspecified atom stereocenters. The van der Waals surface area contributed by atoms with Crippen molar-refractivity contribution in [3.8, 4) is 0 Å². The number of nitrogens with one attached hydrogen (secondary N) is 1. The molecule has 0 saturated heterocycles. The number of aromatic nitrogens is 2. The third-order valence-electron chi connectivity index (χ3n) is 4.30. The summed E-state index contributed by atoms with van der Waals surface area (Å²) in [4.78, 5) is 21.2. The highest BCUT2D eigenvalue weighted by Gasteiger charge is 2.26. The lowest BCUT2D eigenvalue weighted by Gasteiger charge is -2.15. The highest BCUT2D eigenvalue weighted by atomic mass is 16.5. The van der Waals surface area contributed by atoms with Crippen molar-refractivity contribution in [2.24, 2.45) is 0 Å². The van der Waals surface area contributed by atoms with Crippen LogP contribution in [-0.2, 0) is 17.8 Å². The molecule has 5 heteroatoms. The SMILES string of the molecule is COC(=O)c1nc(C2CCCCCC2)nc2c1CNC2. The number of methoxy groups -OCH3 is 1. The molecule has 1 aromatic rings.